The smallest absolute Gasteiger partial charge is 0.103 e. The Morgan fingerprint density at radius 3 is 2.76 bits per heavy atom. The predicted molar refractivity (Wildman–Crippen MR) is 79.9 cm³/mol. The van der Waals surface area contributed by atoms with Crippen LogP contribution in [0.5, 0.6) is 0 Å². The molecule has 1 rings (SSSR count). The van der Waals surface area contributed by atoms with E-state index in [0.717, 1.165) is 12.3 Å². The van der Waals surface area contributed by atoms with E-state index in [0.29, 0.717) is 10.8 Å². The van der Waals surface area contributed by atoms with Gasteiger partial charge in [0.25, 0.3) is 0 Å². The number of aromatic nitrogens is 1. The maximum atomic E-state index is 4.70. The van der Waals surface area contributed by atoms with E-state index in [1.807, 2.05) is 11.8 Å². The van der Waals surface area contributed by atoms with Crippen LogP contribution in [0.1, 0.15) is 57.8 Å². The topological polar surface area (TPSA) is 24.9 Å². The lowest BCUT2D eigenvalue weighted by Crippen LogP contribution is -2.19. The summed E-state index contributed by atoms with van der Waals surface area (Å²) in [6, 6.07) is 0.375. The number of rotatable bonds is 6. The highest BCUT2D eigenvalue weighted by Gasteiger charge is 2.13. The molecule has 1 atom stereocenters. The number of hydrogen-bond donors (Lipinski definition) is 1. The zero-order valence-corrected chi connectivity index (χ0v) is 13.2. The summed E-state index contributed by atoms with van der Waals surface area (Å²) in [6.45, 7) is 12.2. The van der Waals surface area contributed by atoms with Crippen molar-refractivity contribution in [3.05, 3.63) is 16.1 Å². The summed E-state index contributed by atoms with van der Waals surface area (Å²) < 4.78 is 0.317. The van der Waals surface area contributed by atoms with E-state index in [1.54, 1.807) is 11.3 Å². The van der Waals surface area contributed by atoms with Crippen LogP contribution < -0.4 is 5.32 Å². The first kappa shape index (κ1) is 15.0. The molecule has 17 heavy (non-hydrogen) atoms. The molecule has 0 amide bonds. The molecule has 0 saturated heterocycles. The first-order valence-corrected chi connectivity index (χ1v) is 8.10. The van der Waals surface area contributed by atoms with Gasteiger partial charge in [0.15, 0.2) is 0 Å². The molecule has 0 saturated carbocycles. The van der Waals surface area contributed by atoms with Crippen LogP contribution in [-0.2, 0) is 5.75 Å². The maximum absolute atomic E-state index is 4.70. The van der Waals surface area contributed by atoms with Crippen molar-refractivity contribution >= 4 is 23.1 Å². The van der Waals surface area contributed by atoms with Crippen LogP contribution in [0.15, 0.2) is 5.38 Å². The molecule has 98 valence electrons. The van der Waals surface area contributed by atoms with Crippen molar-refractivity contribution in [3.8, 4) is 0 Å². The zero-order valence-electron chi connectivity index (χ0n) is 11.5. The van der Waals surface area contributed by atoms with E-state index >= 15 is 0 Å². The summed E-state index contributed by atoms with van der Waals surface area (Å²) in [4.78, 5) is 4.70. The van der Waals surface area contributed by atoms with E-state index in [9.17, 15) is 0 Å². The predicted octanol–water partition coefficient (Wildman–Crippen LogP) is 4.24. The second-order valence-electron chi connectivity index (χ2n) is 5.24. The SMILES string of the molecule is CCCNC(C)c1csc(CSC(C)(C)C)n1. The Balaban J connectivity index is 2.47. The van der Waals surface area contributed by atoms with Crippen LogP contribution in [0.4, 0.5) is 0 Å². The van der Waals surface area contributed by atoms with Gasteiger partial charge in [-0.2, -0.15) is 0 Å². The summed E-state index contributed by atoms with van der Waals surface area (Å²) in [5, 5.41) is 6.90. The molecule has 1 aromatic heterocycles. The zero-order chi connectivity index (χ0) is 12.9. The fourth-order valence-electron chi connectivity index (χ4n) is 1.33. The molecule has 1 aromatic rings. The third-order valence-corrected chi connectivity index (χ3v) is 4.68. The molecule has 0 radical (unpaired) electrons. The third-order valence-electron chi connectivity index (χ3n) is 2.34. The highest BCUT2D eigenvalue weighted by atomic mass is 32.2. The Hall–Kier alpha value is -0.0600. The Bertz CT molecular complexity index is 328. The molecule has 0 aliphatic rings. The van der Waals surface area contributed by atoms with E-state index in [1.165, 1.54) is 17.1 Å². The Morgan fingerprint density at radius 1 is 1.47 bits per heavy atom. The summed E-state index contributed by atoms with van der Waals surface area (Å²) in [7, 11) is 0. The van der Waals surface area contributed by atoms with Crippen LogP contribution in [0.3, 0.4) is 0 Å². The van der Waals surface area contributed by atoms with Crippen molar-refractivity contribution < 1.29 is 0 Å². The second kappa shape index (κ2) is 6.76. The Kier molecular flexibility index (Phi) is 5.97. The first-order valence-electron chi connectivity index (χ1n) is 6.24. The molecule has 0 aliphatic carbocycles. The van der Waals surface area contributed by atoms with Gasteiger partial charge in [0.05, 0.1) is 5.69 Å². The van der Waals surface area contributed by atoms with Crippen LogP contribution >= 0.6 is 23.1 Å². The van der Waals surface area contributed by atoms with Crippen molar-refractivity contribution in [1.82, 2.24) is 10.3 Å². The molecule has 1 unspecified atom stereocenters. The monoisotopic (exact) mass is 272 g/mol. The van der Waals surface area contributed by atoms with Crippen molar-refractivity contribution in [2.24, 2.45) is 0 Å². The summed E-state index contributed by atoms with van der Waals surface area (Å²) in [5.74, 6) is 1.02. The van der Waals surface area contributed by atoms with Gasteiger partial charge in [-0.25, -0.2) is 4.98 Å². The highest BCUT2D eigenvalue weighted by molar-refractivity contribution is 7.99. The van der Waals surface area contributed by atoms with Crippen molar-refractivity contribution in [2.75, 3.05) is 6.54 Å². The average molecular weight is 272 g/mol. The van der Waals surface area contributed by atoms with Gasteiger partial charge in [0, 0.05) is 21.9 Å². The lowest BCUT2D eigenvalue weighted by Gasteiger charge is -2.16. The highest BCUT2D eigenvalue weighted by Crippen LogP contribution is 2.29. The molecule has 0 spiro atoms. The van der Waals surface area contributed by atoms with Crippen molar-refractivity contribution in [3.63, 3.8) is 0 Å². The van der Waals surface area contributed by atoms with Gasteiger partial charge in [-0.15, -0.1) is 23.1 Å². The Morgan fingerprint density at radius 2 is 2.18 bits per heavy atom. The molecule has 4 heteroatoms. The molecular formula is C13H24N2S2. The molecule has 1 heterocycles. The number of thiazole rings is 1. The molecule has 0 aromatic carbocycles. The molecule has 0 aliphatic heterocycles. The summed E-state index contributed by atoms with van der Waals surface area (Å²) in [5.41, 5.74) is 1.19. The maximum Gasteiger partial charge on any atom is 0.103 e. The molecule has 0 bridgehead atoms. The summed E-state index contributed by atoms with van der Waals surface area (Å²) in [6.07, 6.45) is 1.17. The average Bonchev–Trinajstić information content (AvgIpc) is 2.70. The number of hydrogen-bond acceptors (Lipinski definition) is 4. The molecule has 0 fully saturated rings. The minimum atomic E-state index is 0.317. The van der Waals surface area contributed by atoms with E-state index in [2.05, 4.69) is 45.3 Å². The van der Waals surface area contributed by atoms with Gasteiger partial charge in [0.2, 0.25) is 0 Å². The lowest BCUT2D eigenvalue weighted by molar-refractivity contribution is 0.560. The van der Waals surface area contributed by atoms with Gasteiger partial charge in [-0.1, -0.05) is 27.7 Å². The molecule has 1 N–H and O–H groups in total. The van der Waals surface area contributed by atoms with Gasteiger partial charge >= 0.3 is 0 Å². The quantitative estimate of drug-likeness (QED) is 0.838. The lowest BCUT2D eigenvalue weighted by atomic mass is 10.2. The van der Waals surface area contributed by atoms with Gasteiger partial charge in [-0.05, 0) is 19.9 Å². The summed E-state index contributed by atoms with van der Waals surface area (Å²) >= 11 is 3.74. The standard InChI is InChI=1S/C13H24N2S2/c1-6-7-14-10(2)11-8-16-12(15-11)9-17-13(3,4)5/h8,10,14H,6-7,9H2,1-5H3. The van der Waals surface area contributed by atoms with Crippen molar-refractivity contribution in [2.45, 2.75) is 57.6 Å². The van der Waals surface area contributed by atoms with Crippen LogP contribution in [0, 0.1) is 0 Å². The fourth-order valence-corrected chi connectivity index (χ4v) is 3.08. The van der Waals surface area contributed by atoms with Crippen molar-refractivity contribution in [1.29, 1.82) is 0 Å². The first-order chi connectivity index (χ1) is 7.92. The minimum Gasteiger partial charge on any atom is -0.309 e. The largest absolute Gasteiger partial charge is 0.309 e. The van der Waals surface area contributed by atoms with E-state index in [4.69, 9.17) is 4.98 Å². The third kappa shape index (κ3) is 5.89. The van der Waals surface area contributed by atoms with Crippen LogP contribution in [-0.4, -0.2) is 16.3 Å². The minimum absolute atomic E-state index is 0.317. The number of thioether (sulfide) groups is 1. The second-order valence-corrected chi connectivity index (χ2v) is 7.99. The normalized spacial score (nSPS) is 13.9. The van der Waals surface area contributed by atoms with Crippen LogP contribution in [0.25, 0.3) is 0 Å². The fraction of sp³-hybridized carbons (Fsp3) is 0.769. The molecular weight excluding hydrogens is 248 g/mol. The van der Waals surface area contributed by atoms with Gasteiger partial charge in [0.1, 0.15) is 5.01 Å². The van der Waals surface area contributed by atoms with Gasteiger partial charge < -0.3 is 5.32 Å². The molecule has 2 nitrogen and oxygen atoms in total. The van der Waals surface area contributed by atoms with E-state index < -0.39 is 0 Å². The van der Waals surface area contributed by atoms with Crippen LogP contribution in [0.2, 0.25) is 0 Å². The number of nitrogens with zero attached hydrogens (tertiary/aromatic N) is 1. The van der Waals surface area contributed by atoms with E-state index in [-0.39, 0.29) is 0 Å². The number of nitrogens with one attached hydrogen (secondary N) is 1. The van der Waals surface area contributed by atoms with Gasteiger partial charge in [-0.3, -0.25) is 0 Å². The Labute approximate surface area is 114 Å².